The number of amides is 4. The number of hydrogen-bond donors (Lipinski definition) is 1. The number of carbonyl (C=O) groups excluding carboxylic acids is 2. The van der Waals surface area contributed by atoms with E-state index in [1.807, 2.05) is 24.3 Å². The highest BCUT2D eigenvalue weighted by molar-refractivity contribution is 5.95. The molecule has 88 valence electrons. The highest BCUT2D eigenvalue weighted by Crippen LogP contribution is 2.23. The molecule has 2 aliphatic rings. The van der Waals surface area contributed by atoms with Crippen LogP contribution < -0.4 is 5.32 Å². The quantitative estimate of drug-likeness (QED) is 0.728. The van der Waals surface area contributed by atoms with E-state index in [9.17, 15) is 9.59 Å². The van der Waals surface area contributed by atoms with Crippen LogP contribution in [0.1, 0.15) is 11.1 Å². The lowest BCUT2D eigenvalue weighted by Gasteiger charge is -2.21. The third-order valence-electron chi connectivity index (χ3n) is 3.20. The Labute approximate surface area is 99.0 Å². The van der Waals surface area contributed by atoms with Crippen LogP contribution in [0, 0.1) is 0 Å². The Balaban J connectivity index is 1.76. The Kier molecular flexibility index (Phi) is 2.24. The van der Waals surface area contributed by atoms with Crippen LogP contribution in [-0.4, -0.2) is 35.0 Å². The molecule has 0 saturated carbocycles. The third kappa shape index (κ3) is 1.63. The summed E-state index contributed by atoms with van der Waals surface area (Å²) >= 11 is 0. The lowest BCUT2D eigenvalue weighted by atomic mass is 10.1. The van der Waals surface area contributed by atoms with Crippen LogP contribution in [-0.2, 0) is 13.1 Å². The molecule has 0 unspecified atom stereocenters. The zero-order valence-corrected chi connectivity index (χ0v) is 9.35. The molecule has 3 rings (SSSR count). The number of urea groups is 2. The van der Waals surface area contributed by atoms with Gasteiger partial charge in [0.1, 0.15) is 0 Å². The fourth-order valence-corrected chi connectivity index (χ4v) is 2.29. The topological polar surface area (TPSA) is 52.7 Å². The maximum Gasteiger partial charge on any atom is 0.328 e. The molecule has 17 heavy (non-hydrogen) atoms. The fraction of sp³-hybridized carbons (Fsp3) is 0.333. The Hall–Kier alpha value is -2.04. The number of rotatable bonds is 0. The lowest BCUT2D eigenvalue weighted by Crippen LogP contribution is -2.42. The van der Waals surface area contributed by atoms with Gasteiger partial charge in [-0.25, -0.2) is 14.5 Å². The highest BCUT2D eigenvalue weighted by atomic mass is 16.2. The second kappa shape index (κ2) is 3.76. The van der Waals surface area contributed by atoms with Crippen molar-refractivity contribution in [1.82, 2.24) is 15.1 Å². The number of nitrogens with one attached hydrogen (secondary N) is 1. The van der Waals surface area contributed by atoms with E-state index in [0.29, 0.717) is 26.2 Å². The summed E-state index contributed by atoms with van der Waals surface area (Å²) in [4.78, 5) is 26.5. The van der Waals surface area contributed by atoms with E-state index < -0.39 is 0 Å². The van der Waals surface area contributed by atoms with Gasteiger partial charge in [-0.05, 0) is 11.1 Å². The molecule has 1 saturated heterocycles. The second-order valence-electron chi connectivity index (χ2n) is 4.29. The van der Waals surface area contributed by atoms with Crippen LogP contribution in [0.25, 0.3) is 0 Å². The number of carbonyl (C=O) groups is 2. The second-order valence-corrected chi connectivity index (χ2v) is 4.29. The van der Waals surface area contributed by atoms with E-state index in [4.69, 9.17) is 0 Å². The molecule has 1 N–H and O–H groups in total. The standard InChI is InChI=1S/C12H13N3O2/c16-11-13-5-6-15(11)12(17)14-7-9-3-1-2-4-10(9)8-14/h1-4H,5-8H2,(H,13,16). The summed E-state index contributed by atoms with van der Waals surface area (Å²) in [5.41, 5.74) is 2.33. The van der Waals surface area contributed by atoms with Crippen molar-refractivity contribution in [3.05, 3.63) is 35.4 Å². The van der Waals surface area contributed by atoms with Gasteiger partial charge in [0.05, 0.1) is 0 Å². The first-order chi connectivity index (χ1) is 8.25. The number of benzene rings is 1. The number of nitrogens with zero attached hydrogens (tertiary/aromatic N) is 2. The first-order valence-corrected chi connectivity index (χ1v) is 5.67. The van der Waals surface area contributed by atoms with Gasteiger partial charge in [-0.3, -0.25) is 0 Å². The summed E-state index contributed by atoms with van der Waals surface area (Å²) in [6, 6.07) is 7.49. The molecular weight excluding hydrogens is 218 g/mol. The Morgan fingerprint density at radius 1 is 1.18 bits per heavy atom. The minimum Gasteiger partial charge on any atom is -0.336 e. The lowest BCUT2D eigenvalue weighted by molar-refractivity contribution is 0.163. The van der Waals surface area contributed by atoms with Crippen LogP contribution in [0.15, 0.2) is 24.3 Å². The summed E-state index contributed by atoms with van der Waals surface area (Å²) in [7, 11) is 0. The smallest absolute Gasteiger partial charge is 0.328 e. The van der Waals surface area contributed by atoms with Crippen molar-refractivity contribution >= 4 is 12.1 Å². The van der Waals surface area contributed by atoms with Crippen LogP contribution in [0.4, 0.5) is 9.59 Å². The molecule has 0 bridgehead atoms. The van der Waals surface area contributed by atoms with Gasteiger partial charge < -0.3 is 10.2 Å². The monoisotopic (exact) mass is 231 g/mol. The van der Waals surface area contributed by atoms with Crippen LogP contribution in [0.5, 0.6) is 0 Å². The highest BCUT2D eigenvalue weighted by Gasteiger charge is 2.32. The normalized spacial score (nSPS) is 18.2. The van der Waals surface area contributed by atoms with Crippen LogP contribution in [0.3, 0.4) is 0 Å². The van der Waals surface area contributed by atoms with Gasteiger partial charge in [-0.2, -0.15) is 0 Å². The van der Waals surface area contributed by atoms with E-state index in [1.54, 1.807) is 4.90 Å². The van der Waals surface area contributed by atoms with E-state index in [1.165, 1.54) is 16.0 Å². The molecule has 4 amide bonds. The molecule has 2 heterocycles. The van der Waals surface area contributed by atoms with Gasteiger partial charge in [0.25, 0.3) is 0 Å². The molecule has 1 aromatic carbocycles. The minimum absolute atomic E-state index is 0.198. The number of fused-ring (bicyclic) bond motifs is 1. The molecule has 1 fully saturated rings. The predicted molar refractivity (Wildman–Crippen MR) is 61.2 cm³/mol. The number of hydrogen-bond acceptors (Lipinski definition) is 2. The van der Waals surface area contributed by atoms with Crippen LogP contribution in [0.2, 0.25) is 0 Å². The summed E-state index contributed by atoms with van der Waals surface area (Å²) in [6.45, 7) is 2.20. The zero-order chi connectivity index (χ0) is 11.8. The molecule has 5 heteroatoms. The Morgan fingerprint density at radius 3 is 2.35 bits per heavy atom. The molecule has 1 aromatic rings. The summed E-state index contributed by atoms with van der Waals surface area (Å²) < 4.78 is 0. The maximum atomic E-state index is 12.1. The summed E-state index contributed by atoms with van der Waals surface area (Å²) in [5, 5.41) is 2.63. The summed E-state index contributed by atoms with van der Waals surface area (Å²) in [5.74, 6) is 0. The molecule has 0 atom stereocenters. The van der Waals surface area contributed by atoms with Crippen molar-refractivity contribution in [3.8, 4) is 0 Å². The van der Waals surface area contributed by atoms with Crippen molar-refractivity contribution in [1.29, 1.82) is 0 Å². The van der Waals surface area contributed by atoms with Crippen molar-refractivity contribution in [3.63, 3.8) is 0 Å². The van der Waals surface area contributed by atoms with Crippen molar-refractivity contribution in [2.45, 2.75) is 13.1 Å². The average Bonchev–Trinajstić information content (AvgIpc) is 2.93. The van der Waals surface area contributed by atoms with Gasteiger partial charge >= 0.3 is 12.1 Å². The van der Waals surface area contributed by atoms with Crippen molar-refractivity contribution < 1.29 is 9.59 Å². The van der Waals surface area contributed by atoms with Gasteiger partial charge in [-0.15, -0.1) is 0 Å². The Bertz CT molecular complexity index is 461. The molecule has 0 radical (unpaired) electrons. The molecule has 0 spiro atoms. The molecular formula is C12H13N3O2. The fourth-order valence-electron chi connectivity index (χ4n) is 2.29. The van der Waals surface area contributed by atoms with E-state index in [0.717, 1.165) is 0 Å². The van der Waals surface area contributed by atoms with E-state index in [2.05, 4.69) is 5.32 Å². The first-order valence-electron chi connectivity index (χ1n) is 5.67. The summed E-state index contributed by atoms with van der Waals surface area (Å²) in [6.07, 6.45) is 0. The number of imide groups is 1. The van der Waals surface area contributed by atoms with Crippen molar-refractivity contribution in [2.75, 3.05) is 13.1 Å². The largest absolute Gasteiger partial charge is 0.336 e. The van der Waals surface area contributed by atoms with E-state index in [-0.39, 0.29) is 12.1 Å². The van der Waals surface area contributed by atoms with Gasteiger partial charge in [0.15, 0.2) is 0 Å². The van der Waals surface area contributed by atoms with Crippen LogP contribution >= 0.6 is 0 Å². The minimum atomic E-state index is -0.286. The molecule has 0 aromatic heterocycles. The van der Waals surface area contributed by atoms with Gasteiger partial charge in [0.2, 0.25) is 0 Å². The molecule has 0 aliphatic carbocycles. The van der Waals surface area contributed by atoms with Crippen molar-refractivity contribution in [2.24, 2.45) is 0 Å². The Morgan fingerprint density at radius 2 is 1.82 bits per heavy atom. The first kappa shape index (κ1) is 10.1. The van der Waals surface area contributed by atoms with Gasteiger partial charge in [-0.1, -0.05) is 24.3 Å². The molecule has 5 nitrogen and oxygen atoms in total. The predicted octanol–water partition coefficient (Wildman–Crippen LogP) is 1.15. The SMILES string of the molecule is O=C1NCCN1C(=O)N1Cc2ccccc2C1. The third-order valence-corrected chi connectivity index (χ3v) is 3.20. The molecule has 2 aliphatic heterocycles. The maximum absolute atomic E-state index is 12.1. The van der Waals surface area contributed by atoms with Gasteiger partial charge in [0, 0.05) is 26.2 Å². The average molecular weight is 231 g/mol. The zero-order valence-electron chi connectivity index (χ0n) is 9.35. The van der Waals surface area contributed by atoms with E-state index >= 15 is 0 Å².